The molecular formula is C24H34N6O4. The van der Waals surface area contributed by atoms with Crippen LogP contribution in [0, 0.1) is 18.8 Å². The van der Waals surface area contributed by atoms with Crippen molar-refractivity contribution in [3.05, 3.63) is 23.5 Å². The van der Waals surface area contributed by atoms with E-state index in [-0.39, 0.29) is 30.1 Å². The molecular weight excluding hydrogens is 436 g/mol. The quantitative estimate of drug-likeness (QED) is 0.561. The lowest BCUT2D eigenvalue weighted by molar-refractivity contribution is -0.149. The highest BCUT2D eigenvalue weighted by Gasteiger charge is 2.47. The van der Waals surface area contributed by atoms with Crippen molar-refractivity contribution in [1.82, 2.24) is 30.2 Å². The van der Waals surface area contributed by atoms with Crippen LogP contribution in [0.15, 0.2) is 12.1 Å². The Balaban J connectivity index is 1.37. The number of ether oxygens (including phenoxy) is 2. The molecule has 2 atom stereocenters. The summed E-state index contributed by atoms with van der Waals surface area (Å²) in [5.41, 5.74) is 2.73. The van der Waals surface area contributed by atoms with Crippen LogP contribution in [0.4, 0.5) is 4.79 Å². The summed E-state index contributed by atoms with van der Waals surface area (Å²) in [4.78, 5) is 30.9. The first-order chi connectivity index (χ1) is 16.2. The number of nitrogens with one attached hydrogen (secondary N) is 1. The van der Waals surface area contributed by atoms with Gasteiger partial charge in [-0.2, -0.15) is 0 Å². The van der Waals surface area contributed by atoms with Crippen LogP contribution in [0.5, 0.6) is 5.75 Å². The normalized spacial score (nSPS) is 19.5. The minimum atomic E-state index is -0.223. The molecule has 4 rings (SSSR count). The molecule has 2 aliphatic rings. The second kappa shape index (κ2) is 9.99. The number of aryl methyl sites for hydroxylation is 2. The van der Waals surface area contributed by atoms with Gasteiger partial charge in [-0.05, 0) is 51.7 Å². The maximum Gasteiger partial charge on any atom is 0.317 e. The molecule has 0 saturated heterocycles. The fourth-order valence-electron chi connectivity index (χ4n) is 4.05. The highest BCUT2D eigenvalue weighted by atomic mass is 16.6. The zero-order chi connectivity index (χ0) is 24.4. The van der Waals surface area contributed by atoms with E-state index in [0.29, 0.717) is 41.7 Å². The van der Waals surface area contributed by atoms with Gasteiger partial charge in [0.15, 0.2) is 0 Å². The number of carbonyl (C=O) groups is 2. The van der Waals surface area contributed by atoms with E-state index in [4.69, 9.17) is 9.47 Å². The number of hydrogen-bond donors (Lipinski definition) is 1. The van der Waals surface area contributed by atoms with Gasteiger partial charge in [-0.3, -0.25) is 4.79 Å². The van der Waals surface area contributed by atoms with Crippen molar-refractivity contribution in [2.75, 3.05) is 13.6 Å². The summed E-state index contributed by atoms with van der Waals surface area (Å²) >= 11 is 0. The summed E-state index contributed by atoms with van der Waals surface area (Å²) in [5.74, 6) is 0.806. The Labute approximate surface area is 200 Å². The molecule has 1 N–H and O–H groups in total. The van der Waals surface area contributed by atoms with E-state index < -0.39 is 0 Å². The predicted octanol–water partition coefficient (Wildman–Crippen LogP) is 2.85. The molecule has 34 heavy (non-hydrogen) atoms. The van der Waals surface area contributed by atoms with Crippen LogP contribution < -0.4 is 10.1 Å². The SMILES string of the molecule is Cc1nc(-c2nnn(C)c2CNC(=O)N(C)CC2CCC2)ccc1O[C@H]1C[C@@H]1C(=O)OC(C)C. The molecule has 2 heterocycles. The van der Waals surface area contributed by atoms with Gasteiger partial charge in [-0.15, -0.1) is 5.10 Å². The molecule has 10 heteroatoms. The number of rotatable bonds is 9. The van der Waals surface area contributed by atoms with Gasteiger partial charge in [0.05, 0.1) is 35.6 Å². The molecule has 2 amide bonds. The average molecular weight is 471 g/mol. The number of hydrogen-bond acceptors (Lipinski definition) is 7. The molecule has 184 valence electrons. The number of urea groups is 1. The average Bonchev–Trinajstić information content (AvgIpc) is 3.43. The van der Waals surface area contributed by atoms with Gasteiger partial charge in [-0.25, -0.2) is 14.5 Å². The second-order valence-electron chi connectivity index (χ2n) is 9.61. The van der Waals surface area contributed by atoms with Crippen LogP contribution in [-0.2, 0) is 23.1 Å². The largest absolute Gasteiger partial charge is 0.488 e. The van der Waals surface area contributed by atoms with Gasteiger partial charge in [0.1, 0.15) is 17.5 Å². The molecule has 2 aromatic heterocycles. The van der Waals surface area contributed by atoms with Gasteiger partial charge in [0.25, 0.3) is 0 Å². The van der Waals surface area contributed by atoms with Crippen molar-refractivity contribution in [2.45, 2.75) is 65.2 Å². The Kier molecular flexibility index (Phi) is 7.04. The highest BCUT2D eigenvalue weighted by Crippen LogP contribution is 2.37. The molecule has 2 aromatic rings. The van der Waals surface area contributed by atoms with Crippen molar-refractivity contribution in [3.8, 4) is 17.1 Å². The van der Waals surface area contributed by atoms with E-state index in [1.54, 1.807) is 16.6 Å². The number of amides is 2. The van der Waals surface area contributed by atoms with Crippen molar-refractivity contribution in [3.63, 3.8) is 0 Å². The molecule has 0 radical (unpaired) electrons. The summed E-state index contributed by atoms with van der Waals surface area (Å²) in [6.45, 7) is 6.61. The Morgan fingerprint density at radius 3 is 2.71 bits per heavy atom. The van der Waals surface area contributed by atoms with Crippen LogP contribution in [0.25, 0.3) is 11.4 Å². The smallest absolute Gasteiger partial charge is 0.317 e. The summed E-state index contributed by atoms with van der Waals surface area (Å²) in [6, 6.07) is 3.55. The highest BCUT2D eigenvalue weighted by molar-refractivity contribution is 5.76. The van der Waals surface area contributed by atoms with E-state index in [1.807, 2.05) is 40.0 Å². The van der Waals surface area contributed by atoms with Gasteiger partial charge >= 0.3 is 12.0 Å². The topological polar surface area (TPSA) is 111 Å². The Morgan fingerprint density at radius 2 is 2.06 bits per heavy atom. The van der Waals surface area contributed by atoms with Crippen molar-refractivity contribution in [2.24, 2.45) is 18.9 Å². The fraction of sp³-hybridized carbons (Fsp3) is 0.625. The van der Waals surface area contributed by atoms with E-state index in [1.165, 1.54) is 19.3 Å². The zero-order valence-corrected chi connectivity index (χ0v) is 20.6. The van der Waals surface area contributed by atoms with Crippen LogP contribution in [0.1, 0.15) is 50.9 Å². The molecule has 10 nitrogen and oxygen atoms in total. The molecule has 0 aliphatic heterocycles. The second-order valence-corrected chi connectivity index (χ2v) is 9.61. The molecule has 2 fully saturated rings. The first-order valence-corrected chi connectivity index (χ1v) is 12.0. The minimum absolute atomic E-state index is 0.109. The number of pyridine rings is 1. The van der Waals surface area contributed by atoms with E-state index in [0.717, 1.165) is 12.2 Å². The lowest BCUT2D eigenvalue weighted by Gasteiger charge is -2.30. The zero-order valence-electron chi connectivity index (χ0n) is 20.6. The van der Waals surface area contributed by atoms with E-state index >= 15 is 0 Å². The van der Waals surface area contributed by atoms with Crippen molar-refractivity contribution in [1.29, 1.82) is 0 Å². The van der Waals surface area contributed by atoms with Crippen molar-refractivity contribution < 1.29 is 19.1 Å². The van der Waals surface area contributed by atoms with Crippen LogP contribution in [0.2, 0.25) is 0 Å². The van der Waals surface area contributed by atoms with Crippen LogP contribution in [-0.4, -0.2) is 62.7 Å². The number of carbonyl (C=O) groups excluding carboxylic acids is 2. The Morgan fingerprint density at radius 1 is 1.29 bits per heavy atom. The summed E-state index contributed by atoms with van der Waals surface area (Å²) in [5, 5.41) is 11.4. The van der Waals surface area contributed by atoms with Gasteiger partial charge in [0, 0.05) is 27.1 Å². The Bertz CT molecular complexity index is 1050. The first-order valence-electron chi connectivity index (χ1n) is 12.0. The number of esters is 1. The molecule has 0 bridgehead atoms. The third-order valence-electron chi connectivity index (χ3n) is 6.40. The maximum atomic E-state index is 12.5. The molecule has 0 unspecified atom stereocenters. The maximum absolute atomic E-state index is 12.5. The van der Waals surface area contributed by atoms with E-state index in [2.05, 4.69) is 20.6 Å². The third-order valence-corrected chi connectivity index (χ3v) is 6.40. The van der Waals surface area contributed by atoms with Gasteiger partial charge < -0.3 is 19.7 Å². The van der Waals surface area contributed by atoms with E-state index in [9.17, 15) is 9.59 Å². The summed E-state index contributed by atoms with van der Waals surface area (Å²) in [7, 11) is 3.62. The summed E-state index contributed by atoms with van der Waals surface area (Å²) in [6.07, 6.45) is 3.98. The Hall–Kier alpha value is -3.17. The first kappa shape index (κ1) is 24.0. The van der Waals surface area contributed by atoms with Gasteiger partial charge in [-0.1, -0.05) is 11.6 Å². The fourth-order valence-corrected chi connectivity index (χ4v) is 4.05. The predicted molar refractivity (Wildman–Crippen MR) is 125 cm³/mol. The van der Waals surface area contributed by atoms with Crippen LogP contribution in [0.3, 0.4) is 0 Å². The number of nitrogens with zero attached hydrogens (tertiary/aromatic N) is 5. The lowest BCUT2D eigenvalue weighted by Crippen LogP contribution is -2.41. The number of aromatic nitrogens is 4. The molecule has 2 saturated carbocycles. The molecule has 0 aromatic carbocycles. The third kappa shape index (κ3) is 5.48. The summed E-state index contributed by atoms with van der Waals surface area (Å²) < 4.78 is 12.9. The molecule has 2 aliphatic carbocycles. The van der Waals surface area contributed by atoms with Gasteiger partial charge in [0.2, 0.25) is 0 Å². The minimum Gasteiger partial charge on any atom is -0.488 e. The van der Waals surface area contributed by atoms with Crippen LogP contribution >= 0.6 is 0 Å². The standard InChI is InChI=1S/C24H34N6O4/c1-14(2)33-23(31)17-11-21(17)34-20-10-9-18(26-15(20)3)22-19(30(5)28-27-22)12-25-24(32)29(4)13-16-7-6-8-16/h9-10,14,16-17,21H,6-8,11-13H2,1-5H3,(H,25,32)/t17-,21-/m0/s1. The lowest BCUT2D eigenvalue weighted by atomic mass is 9.85. The molecule has 0 spiro atoms. The van der Waals surface area contributed by atoms with Crippen molar-refractivity contribution >= 4 is 12.0 Å². The monoisotopic (exact) mass is 470 g/mol.